The summed E-state index contributed by atoms with van der Waals surface area (Å²) in [4.78, 5) is 23.8. The van der Waals surface area contributed by atoms with Crippen molar-refractivity contribution < 1.29 is 32.8 Å². The molecule has 0 fully saturated rings. The first-order valence-corrected chi connectivity index (χ1v) is 4.67. The average Bonchev–Trinajstić information content (AvgIpc) is 2.27. The summed E-state index contributed by atoms with van der Waals surface area (Å²) in [7, 11) is 0. The monoisotopic (exact) mass is 280 g/mol. The Balaban J connectivity index is 2.99. The van der Waals surface area contributed by atoms with Crippen LogP contribution in [0, 0.1) is 10.1 Å². The molecule has 0 saturated carbocycles. The lowest BCUT2D eigenvalue weighted by Crippen LogP contribution is -2.13. The zero-order valence-electron chi connectivity index (χ0n) is 9.10. The van der Waals surface area contributed by atoms with Gasteiger partial charge in [0.1, 0.15) is 5.56 Å². The Bertz CT molecular complexity index is 503. The SMILES string of the molecule is O=C(O)CONc1ccc([N+](=O)[O-])c(C(F)(F)F)c1. The van der Waals surface area contributed by atoms with E-state index in [-0.39, 0.29) is 5.69 Å². The smallest absolute Gasteiger partial charge is 0.423 e. The molecule has 0 bridgehead atoms. The van der Waals surface area contributed by atoms with Crippen molar-refractivity contribution in [2.24, 2.45) is 0 Å². The summed E-state index contributed by atoms with van der Waals surface area (Å²) in [6.45, 7) is -0.779. The fourth-order valence-corrected chi connectivity index (χ4v) is 1.17. The molecule has 1 rings (SSSR count). The number of halogens is 3. The van der Waals surface area contributed by atoms with Gasteiger partial charge < -0.3 is 5.11 Å². The first-order chi connectivity index (χ1) is 8.71. The molecule has 0 aliphatic rings. The minimum absolute atomic E-state index is 0.251. The quantitative estimate of drug-likeness (QED) is 0.632. The number of aliphatic carboxylic acids is 1. The van der Waals surface area contributed by atoms with Crippen molar-refractivity contribution in [1.29, 1.82) is 0 Å². The molecule has 1 aromatic rings. The van der Waals surface area contributed by atoms with Crippen LogP contribution in [0.5, 0.6) is 0 Å². The van der Waals surface area contributed by atoms with Crippen molar-refractivity contribution in [2.75, 3.05) is 12.1 Å². The number of alkyl halides is 3. The summed E-state index contributed by atoms with van der Waals surface area (Å²) in [5.74, 6) is -1.33. The van der Waals surface area contributed by atoms with Crippen LogP contribution in [0.4, 0.5) is 24.5 Å². The first kappa shape index (κ1) is 14.7. The van der Waals surface area contributed by atoms with E-state index in [9.17, 15) is 28.1 Å². The van der Waals surface area contributed by atoms with Gasteiger partial charge in [0.2, 0.25) is 0 Å². The van der Waals surface area contributed by atoms with Crippen LogP contribution in [-0.4, -0.2) is 22.6 Å². The molecule has 2 N–H and O–H groups in total. The zero-order chi connectivity index (χ0) is 14.6. The highest BCUT2D eigenvalue weighted by Crippen LogP contribution is 2.37. The van der Waals surface area contributed by atoms with Crippen molar-refractivity contribution >= 4 is 17.3 Å². The van der Waals surface area contributed by atoms with Gasteiger partial charge in [0.15, 0.2) is 6.61 Å². The zero-order valence-corrected chi connectivity index (χ0v) is 9.10. The topological polar surface area (TPSA) is 102 Å². The molecule has 104 valence electrons. The molecule has 10 heteroatoms. The van der Waals surface area contributed by atoms with Crippen LogP contribution in [0.2, 0.25) is 0 Å². The van der Waals surface area contributed by atoms with E-state index in [2.05, 4.69) is 4.84 Å². The van der Waals surface area contributed by atoms with Gasteiger partial charge in [0.25, 0.3) is 5.69 Å². The molecule has 0 atom stereocenters. The predicted molar refractivity (Wildman–Crippen MR) is 55.3 cm³/mol. The van der Waals surface area contributed by atoms with E-state index >= 15 is 0 Å². The Hall–Kier alpha value is -2.36. The predicted octanol–water partition coefficient (Wildman–Crippen LogP) is 2.04. The third-order valence-electron chi connectivity index (χ3n) is 1.88. The van der Waals surface area contributed by atoms with Gasteiger partial charge in [-0.2, -0.15) is 13.2 Å². The molecule has 0 unspecified atom stereocenters. The van der Waals surface area contributed by atoms with Crippen molar-refractivity contribution in [2.45, 2.75) is 6.18 Å². The molecule has 0 aliphatic heterocycles. The number of nitro benzene ring substituents is 1. The van der Waals surface area contributed by atoms with Crippen molar-refractivity contribution in [3.63, 3.8) is 0 Å². The second-order valence-electron chi connectivity index (χ2n) is 3.27. The van der Waals surface area contributed by atoms with Gasteiger partial charge in [-0.3, -0.25) is 20.4 Å². The minimum Gasteiger partial charge on any atom is -0.479 e. The Morgan fingerprint density at radius 2 is 2.11 bits per heavy atom. The normalized spacial score (nSPS) is 11.1. The molecule has 0 saturated heterocycles. The molecule has 0 spiro atoms. The van der Waals surface area contributed by atoms with Gasteiger partial charge in [0.05, 0.1) is 10.6 Å². The lowest BCUT2D eigenvalue weighted by molar-refractivity contribution is -0.388. The summed E-state index contributed by atoms with van der Waals surface area (Å²) in [6, 6.07) is 2.07. The fraction of sp³-hybridized carbons (Fsp3) is 0.222. The number of hydrogen-bond donors (Lipinski definition) is 2. The summed E-state index contributed by atoms with van der Waals surface area (Å²) < 4.78 is 37.7. The second kappa shape index (κ2) is 5.52. The minimum atomic E-state index is -4.91. The molecule has 1 aromatic carbocycles. The summed E-state index contributed by atoms with van der Waals surface area (Å²) >= 11 is 0. The van der Waals surface area contributed by atoms with Crippen molar-refractivity contribution in [3.05, 3.63) is 33.9 Å². The number of nitro groups is 1. The molecule has 19 heavy (non-hydrogen) atoms. The van der Waals surface area contributed by atoms with Gasteiger partial charge >= 0.3 is 12.1 Å². The Morgan fingerprint density at radius 3 is 2.58 bits per heavy atom. The van der Waals surface area contributed by atoms with E-state index in [1.807, 2.05) is 5.48 Å². The van der Waals surface area contributed by atoms with E-state index in [0.29, 0.717) is 12.1 Å². The molecule has 0 heterocycles. The van der Waals surface area contributed by atoms with Crippen LogP contribution in [0.3, 0.4) is 0 Å². The van der Waals surface area contributed by atoms with Crippen LogP contribution in [0.15, 0.2) is 18.2 Å². The Labute approximate surface area is 103 Å². The van der Waals surface area contributed by atoms with E-state index in [1.165, 1.54) is 0 Å². The number of carboxylic acids is 1. The molecule has 0 radical (unpaired) electrons. The highest BCUT2D eigenvalue weighted by atomic mass is 19.4. The van der Waals surface area contributed by atoms with Gasteiger partial charge in [-0.25, -0.2) is 4.79 Å². The van der Waals surface area contributed by atoms with Gasteiger partial charge in [-0.1, -0.05) is 0 Å². The number of carbonyl (C=O) groups is 1. The number of carboxylic acid groups (broad SMARTS) is 1. The molecule has 0 aliphatic carbocycles. The molecule has 0 aromatic heterocycles. The van der Waals surface area contributed by atoms with E-state index in [4.69, 9.17) is 5.11 Å². The third kappa shape index (κ3) is 4.10. The standard InChI is InChI=1S/C9H7F3N2O5/c10-9(11,12)6-3-5(13-19-4-8(15)16)1-2-7(6)14(17)18/h1-3,13H,4H2,(H,15,16). The Kier molecular flexibility index (Phi) is 4.27. The second-order valence-corrected chi connectivity index (χ2v) is 3.27. The van der Waals surface area contributed by atoms with Crippen LogP contribution >= 0.6 is 0 Å². The fourth-order valence-electron chi connectivity index (χ4n) is 1.17. The summed E-state index contributed by atoms with van der Waals surface area (Å²) in [5, 5.41) is 18.7. The highest BCUT2D eigenvalue weighted by Gasteiger charge is 2.38. The van der Waals surface area contributed by atoms with Crippen LogP contribution < -0.4 is 5.48 Å². The average molecular weight is 280 g/mol. The van der Waals surface area contributed by atoms with Crippen LogP contribution in [0.1, 0.15) is 5.56 Å². The van der Waals surface area contributed by atoms with Crippen LogP contribution in [-0.2, 0) is 15.8 Å². The van der Waals surface area contributed by atoms with Crippen LogP contribution in [0.25, 0.3) is 0 Å². The largest absolute Gasteiger partial charge is 0.479 e. The van der Waals surface area contributed by atoms with Gasteiger partial charge in [-0.05, 0) is 12.1 Å². The number of benzene rings is 1. The maximum Gasteiger partial charge on any atom is 0.423 e. The van der Waals surface area contributed by atoms with Gasteiger partial charge in [0, 0.05) is 6.07 Å². The Morgan fingerprint density at radius 1 is 1.47 bits per heavy atom. The van der Waals surface area contributed by atoms with Crippen molar-refractivity contribution in [1.82, 2.24) is 0 Å². The summed E-state index contributed by atoms with van der Waals surface area (Å²) in [6.07, 6.45) is -4.91. The summed E-state index contributed by atoms with van der Waals surface area (Å²) in [5.41, 5.74) is -0.857. The lowest BCUT2D eigenvalue weighted by Gasteiger charge is -2.10. The number of hydrogen-bond acceptors (Lipinski definition) is 5. The first-order valence-electron chi connectivity index (χ1n) is 4.67. The maximum atomic E-state index is 12.6. The van der Waals surface area contributed by atoms with E-state index in [0.717, 1.165) is 6.07 Å². The molecular weight excluding hydrogens is 273 g/mol. The van der Waals surface area contributed by atoms with E-state index < -0.39 is 34.9 Å². The molecular formula is C9H7F3N2O5. The molecule has 7 nitrogen and oxygen atoms in total. The number of nitrogens with zero attached hydrogens (tertiary/aromatic N) is 1. The highest BCUT2D eigenvalue weighted by molar-refractivity contribution is 5.68. The lowest BCUT2D eigenvalue weighted by atomic mass is 10.1. The third-order valence-corrected chi connectivity index (χ3v) is 1.88. The maximum absolute atomic E-state index is 12.6. The molecule has 0 amide bonds. The number of nitrogens with one attached hydrogen (secondary N) is 1. The number of anilines is 1. The van der Waals surface area contributed by atoms with Gasteiger partial charge in [-0.15, -0.1) is 0 Å². The van der Waals surface area contributed by atoms with E-state index in [1.54, 1.807) is 0 Å². The number of rotatable bonds is 5. The van der Waals surface area contributed by atoms with Crippen molar-refractivity contribution in [3.8, 4) is 0 Å².